The van der Waals surface area contributed by atoms with Crippen molar-refractivity contribution < 1.29 is 33.7 Å². The Morgan fingerprint density at radius 3 is 2.23 bits per heavy atom. The van der Waals surface area contributed by atoms with Gasteiger partial charge in [-0.25, -0.2) is 9.59 Å². The zero-order valence-corrected chi connectivity index (χ0v) is 19.7. The van der Waals surface area contributed by atoms with Crippen LogP contribution in [0.2, 0.25) is 0 Å². The van der Waals surface area contributed by atoms with Crippen LogP contribution in [-0.4, -0.2) is 51.9 Å². The van der Waals surface area contributed by atoms with Gasteiger partial charge in [0.05, 0.1) is 17.0 Å². The van der Waals surface area contributed by atoms with E-state index < -0.39 is 29.4 Å². The molecule has 1 heterocycles. The van der Waals surface area contributed by atoms with Gasteiger partial charge in [-0.15, -0.1) is 0 Å². The third-order valence-corrected chi connectivity index (χ3v) is 4.55. The van der Waals surface area contributed by atoms with Crippen LogP contribution in [0.25, 0.3) is 0 Å². The number of rotatable bonds is 4. The van der Waals surface area contributed by atoms with Crippen molar-refractivity contribution in [2.75, 3.05) is 6.54 Å². The smallest absolute Gasteiger partial charge is 0.456 e. The highest BCUT2D eigenvalue weighted by Gasteiger charge is 2.32. The van der Waals surface area contributed by atoms with Gasteiger partial charge in [-0.05, 0) is 69.1 Å². The highest BCUT2D eigenvalue weighted by molar-refractivity contribution is 9.10. The van der Waals surface area contributed by atoms with E-state index in [-0.39, 0.29) is 36.7 Å². The van der Waals surface area contributed by atoms with E-state index in [1.54, 1.807) is 53.7 Å². The van der Waals surface area contributed by atoms with Gasteiger partial charge in [0.2, 0.25) is 5.91 Å². The van der Waals surface area contributed by atoms with Crippen molar-refractivity contribution in [3.05, 3.63) is 27.7 Å². The molecule has 9 heteroatoms. The average Bonchev–Trinajstić information content (AvgIpc) is 2.84. The molecule has 8 nitrogen and oxygen atoms in total. The quantitative estimate of drug-likeness (QED) is 0.510. The number of carbonyl (C=O) groups is 3. The van der Waals surface area contributed by atoms with Gasteiger partial charge in [0.25, 0.3) is 0 Å². The van der Waals surface area contributed by atoms with Crippen molar-refractivity contribution in [3.8, 4) is 5.75 Å². The molecule has 1 aliphatic heterocycles. The molecule has 1 aromatic rings. The number of likely N-dealkylation sites (tertiary alicyclic amines) is 1. The largest absolute Gasteiger partial charge is 0.514 e. The van der Waals surface area contributed by atoms with E-state index in [1.165, 1.54) is 4.90 Å². The molecule has 0 aromatic heterocycles. The second-order valence-corrected chi connectivity index (χ2v) is 9.97. The summed E-state index contributed by atoms with van der Waals surface area (Å²) in [4.78, 5) is 38.9. The number of amides is 1. The number of halogens is 1. The summed E-state index contributed by atoms with van der Waals surface area (Å²) >= 11 is 3.31. The molecule has 0 aliphatic carbocycles. The number of aliphatic hydroxyl groups is 1. The van der Waals surface area contributed by atoms with E-state index in [4.69, 9.17) is 14.2 Å². The molecule has 0 bridgehead atoms. The van der Waals surface area contributed by atoms with Gasteiger partial charge in [-0.1, -0.05) is 6.07 Å². The van der Waals surface area contributed by atoms with Gasteiger partial charge in [-0.2, -0.15) is 0 Å². The minimum atomic E-state index is -0.974. The molecule has 0 spiro atoms. The molecular formula is C21H28BrNO7. The molecule has 0 radical (unpaired) electrons. The predicted octanol–water partition coefficient (Wildman–Crippen LogP) is 3.81. The lowest BCUT2D eigenvalue weighted by atomic mass is 10.0. The van der Waals surface area contributed by atoms with Crippen LogP contribution in [0.15, 0.2) is 16.6 Å². The Morgan fingerprint density at radius 2 is 1.73 bits per heavy atom. The lowest BCUT2D eigenvalue weighted by molar-refractivity contribution is -0.128. The third-order valence-electron chi connectivity index (χ3n) is 3.93. The molecule has 1 N–H and O–H groups in total. The number of aliphatic hydroxyl groups excluding tert-OH is 1. The van der Waals surface area contributed by atoms with Crippen molar-refractivity contribution >= 4 is 34.0 Å². The first-order valence-corrected chi connectivity index (χ1v) is 10.4. The van der Waals surface area contributed by atoms with Gasteiger partial charge in [0, 0.05) is 13.1 Å². The summed E-state index contributed by atoms with van der Waals surface area (Å²) in [7, 11) is 0. The zero-order valence-electron chi connectivity index (χ0n) is 18.1. The van der Waals surface area contributed by atoms with Crippen LogP contribution in [0.5, 0.6) is 5.75 Å². The Morgan fingerprint density at radius 1 is 1.13 bits per heavy atom. The summed E-state index contributed by atoms with van der Waals surface area (Å²) in [5.41, 5.74) is -1.14. The number of hydrogen-bond acceptors (Lipinski definition) is 7. The molecule has 1 saturated heterocycles. The molecule has 0 saturated carbocycles. The topological polar surface area (TPSA) is 102 Å². The number of ether oxygens (including phenoxy) is 3. The molecule has 1 amide bonds. The van der Waals surface area contributed by atoms with Crippen molar-refractivity contribution in [1.82, 2.24) is 4.90 Å². The zero-order chi connectivity index (χ0) is 22.9. The average molecular weight is 486 g/mol. The molecule has 1 aromatic carbocycles. The summed E-state index contributed by atoms with van der Waals surface area (Å²) < 4.78 is 16.4. The van der Waals surface area contributed by atoms with Crippen molar-refractivity contribution in [1.29, 1.82) is 0 Å². The number of benzene rings is 1. The van der Waals surface area contributed by atoms with Crippen molar-refractivity contribution in [2.24, 2.45) is 0 Å². The lowest BCUT2D eigenvalue weighted by Crippen LogP contribution is -2.30. The first-order chi connectivity index (χ1) is 13.7. The Bertz CT molecular complexity index is 839. The van der Waals surface area contributed by atoms with Crippen LogP contribution < -0.4 is 4.74 Å². The molecule has 1 atom stereocenters. The third kappa shape index (κ3) is 6.70. The van der Waals surface area contributed by atoms with Crippen LogP contribution in [0.4, 0.5) is 4.79 Å². The van der Waals surface area contributed by atoms with E-state index in [1.807, 2.05) is 0 Å². The number of β-amino-alcohol motifs (C(OH)–C–C–N with tert-alkyl or cyclic N) is 1. The highest BCUT2D eigenvalue weighted by atomic mass is 79.9. The number of nitrogens with zero attached hydrogens (tertiary/aromatic N) is 1. The van der Waals surface area contributed by atoms with Crippen LogP contribution in [0.1, 0.15) is 63.9 Å². The van der Waals surface area contributed by atoms with Crippen LogP contribution in [-0.2, 0) is 20.8 Å². The maximum absolute atomic E-state index is 13.0. The van der Waals surface area contributed by atoms with Crippen LogP contribution >= 0.6 is 15.9 Å². The Labute approximate surface area is 184 Å². The molecule has 166 valence electrons. The van der Waals surface area contributed by atoms with E-state index >= 15 is 0 Å². The number of hydrogen-bond donors (Lipinski definition) is 1. The van der Waals surface area contributed by atoms with Crippen LogP contribution in [0, 0.1) is 0 Å². The van der Waals surface area contributed by atoms with Gasteiger partial charge < -0.3 is 24.2 Å². The van der Waals surface area contributed by atoms with Crippen LogP contribution in [0.3, 0.4) is 0 Å². The van der Waals surface area contributed by atoms with E-state index in [2.05, 4.69) is 15.9 Å². The molecule has 30 heavy (non-hydrogen) atoms. The molecule has 1 fully saturated rings. The summed E-state index contributed by atoms with van der Waals surface area (Å²) in [5.74, 6) is -0.983. The molecular weight excluding hydrogens is 458 g/mol. The summed E-state index contributed by atoms with van der Waals surface area (Å²) in [5, 5.41) is 9.76. The maximum atomic E-state index is 13.0. The Hall–Kier alpha value is -2.13. The second kappa shape index (κ2) is 8.93. The van der Waals surface area contributed by atoms with Gasteiger partial charge in [0.15, 0.2) is 5.75 Å². The molecule has 0 unspecified atom stereocenters. The van der Waals surface area contributed by atoms with E-state index in [0.717, 1.165) is 0 Å². The van der Waals surface area contributed by atoms with Crippen molar-refractivity contribution in [2.45, 2.75) is 71.8 Å². The first kappa shape index (κ1) is 24.1. The van der Waals surface area contributed by atoms with E-state index in [9.17, 15) is 19.5 Å². The fourth-order valence-electron chi connectivity index (χ4n) is 2.85. The number of esters is 1. The van der Waals surface area contributed by atoms with Gasteiger partial charge in [0.1, 0.15) is 16.8 Å². The minimum Gasteiger partial charge on any atom is -0.456 e. The lowest BCUT2D eigenvalue weighted by Gasteiger charge is -2.24. The first-order valence-electron chi connectivity index (χ1n) is 9.57. The van der Waals surface area contributed by atoms with E-state index in [0.29, 0.717) is 10.0 Å². The minimum absolute atomic E-state index is 0.0133. The standard InChI is InChI=1S/C21H28BrNO7/c1-20(2,3)29-18(26)16-12(10-23-11-13(24)9-15(23)25)7-8-14(22)17(16)28-19(27)30-21(4,5)6/h7-8,13,24H,9-11H2,1-6H3/t13-/m1/s1. The SMILES string of the molecule is CC(C)(C)OC(=O)Oc1c(Br)ccc(CN2C[C@H](O)CC2=O)c1C(=O)OC(C)(C)C. The summed E-state index contributed by atoms with van der Waals surface area (Å²) in [6.07, 6.45) is -1.70. The highest BCUT2D eigenvalue weighted by Crippen LogP contribution is 2.35. The predicted molar refractivity (Wildman–Crippen MR) is 112 cm³/mol. The summed E-state index contributed by atoms with van der Waals surface area (Å²) in [6.45, 7) is 10.5. The van der Waals surface area contributed by atoms with Gasteiger partial charge in [-0.3, -0.25) is 4.79 Å². The fourth-order valence-corrected chi connectivity index (χ4v) is 3.26. The Kier molecular flexibility index (Phi) is 7.19. The normalized spacial score (nSPS) is 17.1. The second-order valence-electron chi connectivity index (χ2n) is 9.11. The number of carbonyl (C=O) groups excluding carboxylic acids is 3. The molecule has 2 rings (SSSR count). The van der Waals surface area contributed by atoms with Crippen molar-refractivity contribution in [3.63, 3.8) is 0 Å². The monoisotopic (exact) mass is 485 g/mol. The Balaban J connectivity index is 2.46. The van der Waals surface area contributed by atoms with Gasteiger partial charge >= 0.3 is 12.1 Å². The maximum Gasteiger partial charge on any atom is 0.514 e. The fraction of sp³-hybridized carbons (Fsp3) is 0.571. The molecule has 1 aliphatic rings. The summed E-state index contributed by atoms with van der Waals surface area (Å²) in [6, 6.07) is 3.25.